The molecular weight excluding hydrogens is 188 g/mol. The van der Waals surface area contributed by atoms with E-state index in [4.69, 9.17) is 0 Å². The zero-order valence-electron chi connectivity index (χ0n) is 10.0. The number of hydrogen-bond acceptors (Lipinski definition) is 2. The van der Waals surface area contributed by atoms with Gasteiger partial charge in [-0.2, -0.15) is 0 Å². The molecule has 1 amide bonds. The molecule has 2 atom stereocenters. The lowest BCUT2D eigenvalue weighted by Gasteiger charge is -2.20. The first-order chi connectivity index (χ1) is 7.05. The summed E-state index contributed by atoms with van der Waals surface area (Å²) < 4.78 is 0. The van der Waals surface area contributed by atoms with E-state index in [2.05, 4.69) is 19.2 Å². The largest absolute Gasteiger partial charge is 0.345 e. The van der Waals surface area contributed by atoms with Crippen LogP contribution in [0.1, 0.15) is 26.7 Å². The zero-order chi connectivity index (χ0) is 11.1. The predicted molar refractivity (Wildman–Crippen MR) is 60.5 cm³/mol. The average molecular weight is 210 g/mol. The molecule has 2 fully saturated rings. The van der Waals surface area contributed by atoms with Crippen molar-refractivity contribution in [3.05, 3.63) is 0 Å². The van der Waals surface area contributed by atoms with Gasteiger partial charge in [-0.05, 0) is 30.7 Å². The van der Waals surface area contributed by atoms with Gasteiger partial charge in [0.15, 0.2) is 0 Å². The van der Waals surface area contributed by atoms with Gasteiger partial charge in [0.05, 0.1) is 0 Å². The SMILES string of the molecule is CC(C)CN(C)C(=O)C1CC12CCNC2. The van der Waals surface area contributed by atoms with Gasteiger partial charge in [-0.15, -0.1) is 0 Å². The van der Waals surface area contributed by atoms with Crippen molar-refractivity contribution in [1.82, 2.24) is 10.2 Å². The van der Waals surface area contributed by atoms with Gasteiger partial charge in [-0.1, -0.05) is 13.8 Å². The summed E-state index contributed by atoms with van der Waals surface area (Å²) in [6.45, 7) is 7.35. The minimum Gasteiger partial charge on any atom is -0.345 e. The van der Waals surface area contributed by atoms with E-state index in [1.165, 1.54) is 6.42 Å². The van der Waals surface area contributed by atoms with Crippen LogP contribution in [0.4, 0.5) is 0 Å². The fraction of sp³-hybridized carbons (Fsp3) is 0.917. The van der Waals surface area contributed by atoms with Gasteiger partial charge in [0.1, 0.15) is 0 Å². The van der Waals surface area contributed by atoms with Gasteiger partial charge < -0.3 is 10.2 Å². The predicted octanol–water partition coefficient (Wildman–Crippen LogP) is 1.10. The number of nitrogens with zero attached hydrogens (tertiary/aromatic N) is 1. The molecule has 0 bridgehead atoms. The number of rotatable bonds is 3. The summed E-state index contributed by atoms with van der Waals surface area (Å²) in [4.78, 5) is 14.0. The molecule has 3 nitrogen and oxygen atoms in total. The molecule has 1 heterocycles. The van der Waals surface area contributed by atoms with E-state index in [0.29, 0.717) is 23.2 Å². The lowest BCUT2D eigenvalue weighted by molar-refractivity contribution is -0.132. The summed E-state index contributed by atoms with van der Waals surface area (Å²) in [6, 6.07) is 0. The van der Waals surface area contributed by atoms with Crippen molar-refractivity contribution in [1.29, 1.82) is 0 Å². The monoisotopic (exact) mass is 210 g/mol. The van der Waals surface area contributed by atoms with Crippen LogP contribution in [0, 0.1) is 17.3 Å². The number of carbonyl (C=O) groups is 1. The lowest BCUT2D eigenvalue weighted by Crippen LogP contribution is -2.33. The van der Waals surface area contributed by atoms with Crippen LogP contribution in [0.3, 0.4) is 0 Å². The molecule has 1 N–H and O–H groups in total. The van der Waals surface area contributed by atoms with Crippen molar-refractivity contribution >= 4 is 5.91 Å². The van der Waals surface area contributed by atoms with Crippen molar-refractivity contribution in [3.63, 3.8) is 0 Å². The van der Waals surface area contributed by atoms with Crippen molar-refractivity contribution in [2.75, 3.05) is 26.7 Å². The highest BCUT2D eigenvalue weighted by Gasteiger charge is 2.59. The molecule has 1 spiro atoms. The smallest absolute Gasteiger partial charge is 0.226 e. The number of hydrogen-bond donors (Lipinski definition) is 1. The second-order valence-corrected chi connectivity index (χ2v) is 5.66. The summed E-state index contributed by atoms with van der Waals surface area (Å²) in [5.74, 6) is 1.25. The van der Waals surface area contributed by atoms with E-state index >= 15 is 0 Å². The van der Waals surface area contributed by atoms with Gasteiger partial charge in [0.25, 0.3) is 0 Å². The Labute approximate surface area is 92.2 Å². The molecule has 0 aromatic heterocycles. The maximum Gasteiger partial charge on any atom is 0.226 e. The standard InChI is InChI=1S/C12H22N2O/c1-9(2)7-14(3)11(15)10-6-12(10)4-5-13-8-12/h9-10,13H,4-8H2,1-3H3. The molecule has 1 aliphatic heterocycles. The van der Waals surface area contributed by atoms with Crippen LogP contribution < -0.4 is 5.32 Å². The first-order valence-corrected chi connectivity index (χ1v) is 6.01. The molecule has 86 valence electrons. The Morgan fingerprint density at radius 1 is 1.60 bits per heavy atom. The van der Waals surface area contributed by atoms with Crippen LogP contribution in [0.15, 0.2) is 0 Å². The van der Waals surface area contributed by atoms with E-state index in [9.17, 15) is 4.79 Å². The quantitative estimate of drug-likeness (QED) is 0.756. The molecule has 0 aromatic carbocycles. The molecule has 3 heteroatoms. The van der Waals surface area contributed by atoms with E-state index in [0.717, 1.165) is 26.1 Å². The van der Waals surface area contributed by atoms with Gasteiger partial charge >= 0.3 is 0 Å². The molecular formula is C12H22N2O. The third kappa shape index (κ3) is 2.03. The molecule has 2 rings (SSSR count). The van der Waals surface area contributed by atoms with E-state index in [-0.39, 0.29) is 0 Å². The number of nitrogens with one attached hydrogen (secondary N) is 1. The molecule has 1 saturated heterocycles. The first kappa shape index (κ1) is 10.9. The molecule has 2 unspecified atom stereocenters. The van der Waals surface area contributed by atoms with Crippen molar-refractivity contribution in [3.8, 4) is 0 Å². The highest BCUT2D eigenvalue weighted by Crippen LogP contribution is 2.57. The van der Waals surface area contributed by atoms with Crippen molar-refractivity contribution in [2.45, 2.75) is 26.7 Å². The third-order valence-corrected chi connectivity index (χ3v) is 3.78. The van der Waals surface area contributed by atoms with E-state index in [1.807, 2.05) is 11.9 Å². The van der Waals surface area contributed by atoms with Gasteiger partial charge in [-0.25, -0.2) is 0 Å². The zero-order valence-corrected chi connectivity index (χ0v) is 10.0. The normalized spacial score (nSPS) is 33.7. The third-order valence-electron chi connectivity index (χ3n) is 3.78. The molecule has 1 aliphatic carbocycles. The van der Waals surface area contributed by atoms with E-state index in [1.54, 1.807) is 0 Å². The molecule has 0 aromatic rings. The lowest BCUT2D eigenvalue weighted by atomic mass is 10.0. The highest BCUT2D eigenvalue weighted by molar-refractivity contribution is 5.82. The molecule has 2 aliphatic rings. The Balaban J connectivity index is 1.87. The van der Waals surface area contributed by atoms with Crippen LogP contribution in [-0.4, -0.2) is 37.5 Å². The minimum absolute atomic E-state index is 0.316. The summed E-state index contributed by atoms with van der Waals surface area (Å²) in [5.41, 5.74) is 0.350. The highest BCUT2D eigenvalue weighted by atomic mass is 16.2. The summed E-state index contributed by atoms with van der Waals surface area (Å²) in [7, 11) is 1.94. The molecule has 15 heavy (non-hydrogen) atoms. The summed E-state index contributed by atoms with van der Waals surface area (Å²) in [6.07, 6.45) is 2.31. The van der Waals surface area contributed by atoms with E-state index < -0.39 is 0 Å². The maximum absolute atomic E-state index is 12.1. The molecule has 0 radical (unpaired) electrons. The van der Waals surface area contributed by atoms with Crippen LogP contribution in [0.2, 0.25) is 0 Å². The second-order valence-electron chi connectivity index (χ2n) is 5.66. The maximum atomic E-state index is 12.1. The van der Waals surface area contributed by atoms with Crippen LogP contribution in [0.25, 0.3) is 0 Å². The molecule has 1 saturated carbocycles. The second kappa shape index (κ2) is 3.78. The Morgan fingerprint density at radius 2 is 2.33 bits per heavy atom. The van der Waals surface area contributed by atoms with Gasteiger partial charge in [0, 0.05) is 26.1 Å². The number of amides is 1. The van der Waals surface area contributed by atoms with Crippen LogP contribution in [-0.2, 0) is 4.79 Å². The Morgan fingerprint density at radius 3 is 2.87 bits per heavy atom. The number of carbonyl (C=O) groups excluding carboxylic acids is 1. The fourth-order valence-electron chi connectivity index (χ4n) is 2.84. The minimum atomic E-state index is 0.316. The van der Waals surface area contributed by atoms with Crippen molar-refractivity contribution in [2.24, 2.45) is 17.3 Å². The van der Waals surface area contributed by atoms with Gasteiger partial charge in [0.2, 0.25) is 5.91 Å². The first-order valence-electron chi connectivity index (χ1n) is 6.01. The Bertz CT molecular complexity index is 256. The summed E-state index contributed by atoms with van der Waals surface area (Å²) in [5, 5.41) is 3.37. The van der Waals surface area contributed by atoms with Crippen LogP contribution in [0.5, 0.6) is 0 Å². The summed E-state index contributed by atoms with van der Waals surface area (Å²) >= 11 is 0. The fourth-order valence-corrected chi connectivity index (χ4v) is 2.84. The van der Waals surface area contributed by atoms with Crippen LogP contribution >= 0.6 is 0 Å². The van der Waals surface area contributed by atoms with Gasteiger partial charge in [-0.3, -0.25) is 4.79 Å². The van der Waals surface area contributed by atoms with Crippen molar-refractivity contribution < 1.29 is 4.79 Å². The Kier molecular flexibility index (Phi) is 2.75. The topological polar surface area (TPSA) is 32.3 Å². The average Bonchev–Trinajstić information content (AvgIpc) is 2.61. The Hall–Kier alpha value is -0.570.